The molecule has 3 rings (SSSR count). The first-order chi connectivity index (χ1) is 11.2. The molecule has 4 nitrogen and oxygen atoms in total. The van der Waals surface area contributed by atoms with E-state index < -0.39 is 5.97 Å². The minimum atomic E-state index is -0.596. The van der Waals surface area contributed by atoms with Crippen LogP contribution in [-0.4, -0.2) is 16.2 Å². The van der Waals surface area contributed by atoms with Crippen LogP contribution in [0.15, 0.2) is 60.7 Å². The Labute approximate surface area is 133 Å². The lowest BCUT2D eigenvalue weighted by Gasteiger charge is -2.10. The van der Waals surface area contributed by atoms with Crippen molar-refractivity contribution in [3.63, 3.8) is 0 Å². The largest absolute Gasteiger partial charge is 0.506 e. The highest BCUT2D eigenvalue weighted by atomic mass is 16.5. The molecule has 3 aromatic rings. The Balaban J connectivity index is 1.82. The number of hydrogen-bond donors (Lipinski definition) is 2. The van der Waals surface area contributed by atoms with Crippen LogP contribution < -0.4 is 0 Å². The third-order valence-electron chi connectivity index (χ3n) is 3.77. The van der Waals surface area contributed by atoms with Crippen LogP contribution in [-0.2, 0) is 18.0 Å². The van der Waals surface area contributed by atoms with Gasteiger partial charge in [-0.1, -0.05) is 54.6 Å². The van der Waals surface area contributed by atoms with Crippen molar-refractivity contribution in [2.45, 2.75) is 13.2 Å². The number of aliphatic hydroxyl groups is 1. The minimum absolute atomic E-state index is 0.0435. The van der Waals surface area contributed by atoms with Gasteiger partial charge in [0.05, 0.1) is 6.61 Å². The Morgan fingerprint density at radius 2 is 1.61 bits per heavy atom. The Hall–Kier alpha value is -2.85. The number of esters is 1. The summed E-state index contributed by atoms with van der Waals surface area (Å²) in [7, 11) is 0. The molecule has 0 spiro atoms. The number of benzene rings is 3. The quantitative estimate of drug-likeness (QED) is 0.725. The normalized spacial score (nSPS) is 10.7. The third-order valence-corrected chi connectivity index (χ3v) is 3.77. The molecule has 0 radical (unpaired) electrons. The van der Waals surface area contributed by atoms with E-state index in [4.69, 9.17) is 4.74 Å². The van der Waals surface area contributed by atoms with E-state index in [-0.39, 0.29) is 24.5 Å². The topological polar surface area (TPSA) is 66.8 Å². The molecule has 0 saturated heterocycles. The fourth-order valence-electron chi connectivity index (χ4n) is 2.49. The van der Waals surface area contributed by atoms with Gasteiger partial charge in [-0.3, -0.25) is 0 Å². The number of phenols is 1. The van der Waals surface area contributed by atoms with E-state index in [2.05, 4.69) is 0 Å². The lowest BCUT2D eigenvalue weighted by molar-refractivity contribution is 0.0467. The van der Waals surface area contributed by atoms with Crippen LogP contribution in [0.25, 0.3) is 10.8 Å². The second-order valence-corrected chi connectivity index (χ2v) is 5.19. The average molecular weight is 308 g/mol. The molecule has 116 valence electrons. The van der Waals surface area contributed by atoms with E-state index in [0.717, 1.165) is 10.9 Å². The van der Waals surface area contributed by atoms with Gasteiger partial charge in [0.2, 0.25) is 0 Å². The molecule has 0 unspecified atom stereocenters. The number of ether oxygens (including phenoxy) is 1. The summed E-state index contributed by atoms with van der Waals surface area (Å²) < 4.78 is 5.28. The van der Waals surface area contributed by atoms with Crippen LogP contribution in [0.4, 0.5) is 0 Å². The first kappa shape index (κ1) is 15.1. The molecule has 0 saturated carbocycles. The lowest BCUT2D eigenvalue weighted by atomic mass is 10.1. The molecular formula is C19H16O4. The Bertz CT molecular complexity index is 855. The molecule has 0 atom stereocenters. The summed E-state index contributed by atoms with van der Waals surface area (Å²) >= 11 is 0. The molecule has 0 aliphatic rings. The smallest absolute Gasteiger partial charge is 0.342 e. The first-order valence-electron chi connectivity index (χ1n) is 7.26. The molecule has 0 aromatic heterocycles. The number of phenolic OH excluding ortho intramolecular Hbond substituents is 1. The SMILES string of the molecule is O=C(OCc1ccccc1CO)c1ccc2ccccc2c1O. The Morgan fingerprint density at radius 3 is 2.39 bits per heavy atom. The van der Waals surface area contributed by atoms with Crippen molar-refractivity contribution in [1.82, 2.24) is 0 Å². The van der Waals surface area contributed by atoms with Crippen molar-refractivity contribution in [3.05, 3.63) is 77.4 Å². The molecule has 0 aliphatic heterocycles. The highest BCUT2D eigenvalue weighted by molar-refractivity contribution is 6.01. The van der Waals surface area contributed by atoms with Gasteiger partial charge in [0, 0.05) is 5.39 Å². The molecule has 0 fully saturated rings. The van der Waals surface area contributed by atoms with E-state index in [1.807, 2.05) is 24.3 Å². The summed E-state index contributed by atoms with van der Waals surface area (Å²) in [6, 6.07) is 17.8. The van der Waals surface area contributed by atoms with Gasteiger partial charge in [0.1, 0.15) is 17.9 Å². The van der Waals surface area contributed by atoms with Gasteiger partial charge in [-0.2, -0.15) is 0 Å². The highest BCUT2D eigenvalue weighted by Gasteiger charge is 2.15. The maximum atomic E-state index is 12.2. The predicted octanol–water partition coefficient (Wildman–Crippen LogP) is 3.39. The molecule has 2 N–H and O–H groups in total. The van der Waals surface area contributed by atoms with Crippen molar-refractivity contribution in [1.29, 1.82) is 0 Å². The van der Waals surface area contributed by atoms with Crippen LogP contribution in [0.1, 0.15) is 21.5 Å². The number of rotatable bonds is 4. The zero-order valence-electron chi connectivity index (χ0n) is 12.4. The summed E-state index contributed by atoms with van der Waals surface area (Å²) in [6.45, 7) is -0.0726. The summed E-state index contributed by atoms with van der Waals surface area (Å²) in [4.78, 5) is 12.2. The van der Waals surface area contributed by atoms with Gasteiger partial charge < -0.3 is 14.9 Å². The van der Waals surface area contributed by atoms with E-state index >= 15 is 0 Å². The Kier molecular flexibility index (Phi) is 4.26. The highest BCUT2D eigenvalue weighted by Crippen LogP contribution is 2.29. The maximum Gasteiger partial charge on any atom is 0.342 e. The molecule has 0 aliphatic carbocycles. The van der Waals surface area contributed by atoms with Gasteiger partial charge >= 0.3 is 5.97 Å². The predicted molar refractivity (Wildman–Crippen MR) is 87.1 cm³/mol. The number of aliphatic hydroxyl groups excluding tert-OH is 1. The van der Waals surface area contributed by atoms with Crippen molar-refractivity contribution in [3.8, 4) is 5.75 Å². The van der Waals surface area contributed by atoms with E-state index in [0.29, 0.717) is 10.9 Å². The molecule has 3 aromatic carbocycles. The van der Waals surface area contributed by atoms with Crippen LogP contribution in [0.3, 0.4) is 0 Å². The maximum absolute atomic E-state index is 12.2. The van der Waals surface area contributed by atoms with Crippen molar-refractivity contribution >= 4 is 16.7 Å². The molecule has 0 amide bonds. The van der Waals surface area contributed by atoms with Gasteiger partial charge in [-0.15, -0.1) is 0 Å². The molecule has 0 bridgehead atoms. The zero-order chi connectivity index (χ0) is 16.2. The minimum Gasteiger partial charge on any atom is -0.506 e. The number of carbonyl (C=O) groups is 1. The summed E-state index contributed by atoms with van der Waals surface area (Å²) in [5.74, 6) is -0.676. The summed E-state index contributed by atoms with van der Waals surface area (Å²) in [5, 5.41) is 21.0. The molecule has 4 heteroatoms. The summed E-state index contributed by atoms with van der Waals surface area (Å²) in [6.07, 6.45) is 0. The third kappa shape index (κ3) is 3.03. The van der Waals surface area contributed by atoms with Crippen LogP contribution in [0, 0.1) is 0 Å². The first-order valence-corrected chi connectivity index (χ1v) is 7.26. The standard InChI is InChI=1S/C19H16O4/c20-11-14-6-1-2-7-15(14)12-23-19(22)17-10-9-13-5-3-4-8-16(13)18(17)21/h1-10,20-21H,11-12H2. The Morgan fingerprint density at radius 1 is 0.913 bits per heavy atom. The van der Waals surface area contributed by atoms with Crippen molar-refractivity contribution in [2.24, 2.45) is 0 Å². The fraction of sp³-hybridized carbons (Fsp3) is 0.105. The van der Waals surface area contributed by atoms with E-state index in [1.54, 1.807) is 36.4 Å². The second kappa shape index (κ2) is 6.50. The molecular weight excluding hydrogens is 292 g/mol. The second-order valence-electron chi connectivity index (χ2n) is 5.19. The molecule has 23 heavy (non-hydrogen) atoms. The van der Waals surface area contributed by atoms with Gasteiger partial charge in [-0.05, 0) is 22.6 Å². The number of carbonyl (C=O) groups excluding carboxylic acids is 1. The van der Waals surface area contributed by atoms with Crippen molar-refractivity contribution in [2.75, 3.05) is 0 Å². The molecule has 0 heterocycles. The van der Waals surface area contributed by atoms with E-state index in [1.165, 1.54) is 0 Å². The van der Waals surface area contributed by atoms with E-state index in [9.17, 15) is 15.0 Å². The van der Waals surface area contributed by atoms with Crippen molar-refractivity contribution < 1.29 is 19.7 Å². The zero-order valence-corrected chi connectivity index (χ0v) is 12.4. The monoisotopic (exact) mass is 308 g/mol. The number of hydrogen-bond acceptors (Lipinski definition) is 4. The van der Waals surface area contributed by atoms with Crippen LogP contribution >= 0.6 is 0 Å². The number of fused-ring (bicyclic) bond motifs is 1. The summed E-state index contributed by atoms with van der Waals surface area (Å²) in [5.41, 5.74) is 1.58. The fourth-order valence-corrected chi connectivity index (χ4v) is 2.49. The van der Waals surface area contributed by atoms with Crippen LogP contribution in [0.5, 0.6) is 5.75 Å². The van der Waals surface area contributed by atoms with Gasteiger partial charge in [0.25, 0.3) is 0 Å². The van der Waals surface area contributed by atoms with Gasteiger partial charge in [0.15, 0.2) is 0 Å². The number of aromatic hydroxyl groups is 1. The van der Waals surface area contributed by atoms with Gasteiger partial charge in [-0.25, -0.2) is 4.79 Å². The average Bonchev–Trinajstić information content (AvgIpc) is 2.60. The lowest BCUT2D eigenvalue weighted by Crippen LogP contribution is -2.07. The van der Waals surface area contributed by atoms with Crippen LogP contribution in [0.2, 0.25) is 0 Å².